The molecule has 0 unspecified atom stereocenters. The summed E-state index contributed by atoms with van der Waals surface area (Å²) in [4.78, 5) is 29.7. The Labute approximate surface area is 184 Å². The van der Waals surface area contributed by atoms with Crippen LogP contribution in [0.25, 0.3) is 16.6 Å². The predicted octanol–water partition coefficient (Wildman–Crippen LogP) is 3.94. The molecule has 0 saturated carbocycles. The van der Waals surface area contributed by atoms with Gasteiger partial charge in [-0.05, 0) is 43.3 Å². The van der Waals surface area contributed by atoms with Crippen molar-refractivity contribution in [2.75, 3.05) is 13.2 Å². The number of ether oxygens (including phenoxy) is 1. The van der Waals surface area contributed by atoms with E-state index in [-0.39, 0.29) is 47.6 Å². The monoisotopic (exact) mass is 441 g/mol. The average Bonchev–Trinajstić information content (AvgIpc) is 2.72. The maximum atomic E-state index is 13.4. The summed E-state index contributed by atoms with van der Waals surface area (Å²) in [6, 6.07) is 9.85. The van der Waals surface area contributed by atoms with E-state index in [0.29, 0.717) is 27.5 Å². The summed E-state index contributed by atoms with van der Waals surface area (Å²) in [6.45, 7) is 9.33. The van der Waals surface area contributed by atoms with Gasteiger partial charge in [0.25, 0.3) is 5.56 Å². The van der Waals surface area contributed by atoms with Crippen LogP contribution >= 0.6 is 11.6 Å². The van der Waals surface area contributed by atoms with Crippen molar-refractivity contribution in [1.29, 1.82) is 0 Å². The van der Waals surface area contributed by atoms with E-state index < -0.39 is 0 Å². The Kier molecular flexibility index (Phi) is 6.65. The van der Waals surface area contributed by atoms with Gasteiger partial charge < -0.3 is 15.2 Å². The Balaban J connectivity index is 2.06. The summed E-state index contributed by atoms with van der Waals surface area (Å²) in [5.41, 5.74) is 1.02. The minimum absolute atomic E-state index is 0.0853. The molecule has 0 aliphatic heterocycles. The minimum atomic E-state index is -0.281. The van der Waals surface area contributed by atoms with Crippen molar-refractivity contribution in [3.63, 3.8) is 0 Å². The lowest BCUT2D eigenvalue weighted by molar-refractivity contribution is -0.117. The molecule has 1 heterocycles. The molecule has 2 aromatic carbocycles. The smallest absolute Gasteiger partial charge is 0.266 e. The van der Waals surface area contributed by atoms with Crippen molar-refractivity contribution in [2.45, 2.75) is 26.7 Å². The fourth-order valence-electron chi connectivity index (χ4n) is 3.07. The summed E-state index contributed by atoms with van der Waals surface area (Å²) >= 11 is 5.99. The number of benzene rings is 2. The molecule has 3 aromatic rings. The third-order valence-corrected chi connectivity index (χ3v) is 4.87. The van der Waals surface area contributed by atoms with Gasteiger partial charge in [0, 0.05) is 16.5 Å². The van der Waals surface area contributed by atoms with Gasteiger partial charge in [0.1, 0.15) is 17.9 Å². The molecule has 0 atom stereocenters. The number of rotatable bonds is 7. The molecule has 0 saturated heterocycles. The van der Waals surface area contributed by atoms with Gasteiger partial charge in [0.05, 0.1) is 17.6 Å². The molecule has 0 bridgehead atoms. The molecule has 0 aliphatic rings. The highest BCUT2D eigenvalue weighted by molar-refractivity contribution is 6.30. The van der Waals surface area contributed by atoms with E-state index >= 15 is 0 Å². The predicted molar refractivity (Wildman–Crippen MR) is 121 cm³/mol. The fraction of sp³-hybridized carbons (Fsp3) is 0.261. The topological polar surface area (TPSA) is 93.5 Å². The number of phenols is 1. The number of carbonyl (C=O) groups excluding carboxylic acids is 1. The largest absolute Gasteiger partial charge is 0.504 e. The molecule has 0 radical (unpaired) electrons. The van der Waals surface area contributed by atoms with Crippen LogP contribution in [-0.2, 0) is 4.79 Å². The van der Waals surface area contributed by atoms with Crippen LogP contribution < -0.4 is 15.6 Å². The normalized spacial score (nSPS) is 11.0. The summed E-state index contributed by atoms with van der Waals surface area (Å²) in [6.07, 6.45) is 0. The highest BCUT2D eigenvalue weighted by Gasteiger charge is 2.20. The maximum Gasteiger partial charge on any atom is 0.266 e. The number of halogens is 1. The summed E-state index contributed by atoms with van der Waals surface area (Å²) in [5.74, 6) is 0.120. The fourth-order valence-corrected chi connectivity index (χ4v) is 3.20. The molecule has 3 rings (SSSR count). The van der Waals surface area contributed by atoms with E-state index in [2.05, 4.69) is 16.9 Å². The molecule has 8 heteroatoms. The zero-order valence-electron chi connectivity index (χ0n) is 17.6. The lowest BCUT2D eigenvalue weighted by Gasteiger charge is -2.18. The van der Waals surface area contributed by atoms with Crippen LogP contribution in [0.4, 0.5) is 0 Å². The van der Waals surface area contributed by atoms with Gasteiger partial charge in [0.2, 0.25) is 5.91 Å². The Morgan fingerprint density at radius 2 is 1.94 bits per heavy atom. The molecule has 2 N–H and O–H groups in total. The van der Waals surface area contributed by atoms with Gasteiger partial charge in [-0.15, -0.1) is 0 Å². The second-order valence-corrected chi connectivity index (χ2v) is 7.87. The summed E-state index contributed by atoms with van der Waals surface area (Å²) < 4.78 is 7.25. The van der Waals surface area contributed by atoms with Gasteiger partial charge in [-0.1, -0.05) is 32.0 Å². The van der Waals surface area contributed by atoms with E-state index in [4.69, 9.17) is 16.3 Å². The number of amides is 1. The van der Waals surface area contributed by atoms with Crippen molar-refractivity contribution >= 4 is 28.4 Å². The highest BCUT2D eigenvalue weighted by atomic mass is 35.5. The molecular formula is C23H24ClN3O4. The third-order valence-electron chi connectivity index (χ3n) is 4.62. The number of fused-ring (bicyclic) bond motifs is 1. The Bertz CT molecular complexity index is 1200. The van der Waals surface area contributed by atoms with Crippen LogP contribution in [0, 0.1) is 0 Å². The molecule has 1 amide bonds. The minimum Gasteiger partial charge on any atom is -0.504 e. The molecular weight excluding hydrogens is 418 g/mol. The zero-order chi connectivity index (χ0) is 22.7. The zero-order valence-corrected chi connectivity index (χ0v) is 18.4. The Morgan fingerprint density at radius 3 is 2.55 bits per heavy atom. The van der Waals surface area contributed by atoms with E-state index in [1.807, 2.05) is 13.8 Å². The highest BCUT2D eigenvalue weighted by Crippen LogP contribution is 2.33. The maximum absolute atomic E-state index is 13.4. The van der Waals surface area contributed by atoms with Crippen LogP contribution in [0.5, 0.6) is 11.5 Å². The van der Waals surface area contributed by atoms with Crippen molar-refractivity contribution in [2.24, 2.45) is 0 Å². The average molecular weight is 442 g/mol. The number of hydrogen-bond acceptors (Lipinski definition) is 5. The van der Waals surface area contributed by atoms with Crippen LogP contribution in [0.15, 0.2) is 53.3 Å². The van der Waals surface area contributed by atoms with Crippen LogP contribution in [0.2, 0.25) is 5.02 Å². The standard InChI is InChI=1S/C23H24ClN3O4/c1-13(2)21-26-19-17(23(30)27(21)16-7-5-15(24)6-8-16)9-10-18(28)20(19)31-12-11-25-22(29)14(3)4/h5-10,13,28H,3,11-12H2,1-2,4H3,(H,25,29). The number of aromatic hydroxyl groups is 1. The lowest BCUT2D eigenvalue weighted by Crippen LogP contribution is -2.28. The first kappa shape index (κ1) is 22.4. The Morgan fingerprint density at radius 1 is 1.26 bits per heavy atom. The quantitative estimate of drug-likeness (QED) is 0.428. The Hall–Kier alpha value is -3.32. The van der Waals surface area contributed by atoms with Crippen molar-refractivity contribution in [1.82, 2.24) is 14.9 Å². The van der Waals surface area contributed by atoms with Crippen molar-refractivity contribution < 1.29 is 14.6 Å². The van der Waals surface area contributed by atoms with E-state index in [0.717, 1.165) is 0 Å². The molecule has 0 spiro atoms. The van der Waals surface area contributed by atoms with Crippen LogP contribution in [0.1, 0.15) is 32.5 Å². The van der Waals surface area contributed by atoms with Gasteiger partial charge in [0.15, 0.2) is 11.5 Å². The van der Waals surface area contributed by atoms with E-state index in [1.165, 1.54) is 16.7 Å². The van der Waals surface area contributed by atoms with Crippen LogP contribution in [-0.4, -0.2) is 33.7 Å². The molecule has 162 valence electrons. The number of hydrogen-bond donors (Lipinski definition) is 2. The number of nitrogens with one attached hydrogen (secondary N) is 1. The van der Waals surface area contributed by atoms with E-state index in [1.54, 1.807) is 31.2 Å². The number of aromatic nitrogens is 2. The van der Waals surface area contributed by atoms with Crippen LogP contribution in [0.3, 0.4) is 0 Å². The molecule has 0 fully saturated rings. The van der Waals surface area contributed by atoms with E-state index in [9.17, 15) is 14.7 Å². The molecule has 0 aliphatic carbocycles. The summed E-state index contributed by atoms with van der Waals surface area (Å²) in [7, 11) is 0. The van der Waals surface area contributed by atoms with Crippen molar-refractivity contribution in [3.8, 4) is 17.2 Å². The SMILES string of the molecule is C=C(C)C(=O)NCCOc1c(O)ccc2c(=O)n(-c3ccc(Cl)cc3)c(C(C)C)nc12. The van der Waals surface area contributed by atoms with Crippen molar-refractivity contribution in [3.05, 3.63) is 69.8 Å². The second-order valence-electron chi connectivity index (χ2n) is 7.44. The number of nitrogens with zero attached hydrogens (tertiary/aromatic N) is 2. The van der Waals surface area contributed by atoms with Gasteiger partial charge in [-0.25, -0.2) is 4.98 Å². The molecule has 31 heavy (non-hydrogen) atoms. The first-order valence-corrected chi connectivity index (χ1v) is 10.2. The first-order valence-electron chi connectivity index (χ1n) is 9.81. The van der Waals surface area contributed by atoms with Gasteiger partial charge in [-0.3, -0.25) is 14.2 Å². The number of phenolic OH excluding ortho intramolecular Hbond substituents is 1. The third kappa shape index (κ3) is 4.72. The molecule has 7 nitrogen and oxygen atoms in total. The molecule has 1 aromatic heterocycles. The lowest BCUT2D eigenvalue weighted by atomic mass is 10.1. The first-order chi connectivity index (χ1) is 14.7. The second kappa shape index (κ2) is 9.22. The number of carbonyl (C=O) groups is 1. The summed E-state index contributed by atoms with van der Waals surface area (Å²) in [5, 5.41) is 13.9. The van der Waals surface area contributed by atoms with Gasteiger partial charge >= 0.3 is 0 Å². The van der Waals surface area contributed by atoms with Gasteiger partial charge in [-0.2, -0.15) is 0 Å².